The Bertz CT molecular complexity index is 655. The lowest BCUT2D eigenvalue weighted by Crippen LogP contribution is -2.33. The molecule has 2 aromatic rings. The maximum Gasteiger partial charge on any atom is 0.220 e. The van der Waals surface area contributed by atoms with Crippen LogP contribution in [0.2, 0.25) is 0 Å². The van der Waals surface area contributed by atoms with E-state index in [0.717, 1.165) is 18.8 Å². The summed E-state index contributed by atoms with van der Waals surface area (Å²) in [6.45, 7) is 4.54. The predicted octanol–water partition coefficient (Wildman–Crippen LogP) is 2.74. The van der Waals surface area contributed by atoms with Crippen molar-refractivity contribution in [2.24, 2.45) is 0 Å². The van der Waals surface area contributed by atoms with Gasteiger partial charge in [0.2, 0.25) is 5.91 Å². The molecule has 0 aliphatic carbocycles. The molecular formula is C18H24FN3O2. The standard InChI is InChI=1S/C18H24FN3O2/c1-13(12-17(23)15-5-7-16(19)8-6-15)21-18(24)4-3-10-22-11-9-20-14(22)2/h5-9,11,13,17,23H,3-4,10,12H2,1-2H3,(H,21,24). The minimum Gasteiger partial charge on any atom is -0.388 e. The summed E-state index contributed by atoms with van der Waals surface area (Å²) >= 11 is 0. The molecule has 0 fully saturated rings. The van der Waals surface area contributed by atoms with Gasteiger partial charge in [0.1, 0.15) is 11.6 Å². The van der Waals surface area contributed by atoms with E-state index < -0.39 is 6.10 Å². The molecule has 0 saturated heterocycles. The van der Waals surface area contributed by atoms with Crippen LogP contribution < -0.4 is 5.32 Å². The van der Waals surface area contributed by atoms with E-state index in [0.29, 0.717) is 18.4 Å². The summed E-state index contributed by atoms with van der Waals surface area (Å²) in [7, 11) is 0. The number of rotatable bonds is 8. The first-order chi connectivity index (χ1) is 11.5. The van der Waals surface area contributed by atoms with E-state index in [4.69, 9.17) is 0 Å². The van der Waals surface area contributed by atoms with Gasteiger partial charge in [0.25, 0.3) is 0 Å². The van der Waals surface area contributed by atoms with Crippen molar-refractivity contribution in [3.63, 3.8) is 0 Å². The summed E-state index contributed by atoms with van der Waals surface area (Å²) in [5.74, 6) is 0.568. The highest BCUT2D eigenvalue weighted by Crippen LogP contribution is 2.18. The third-order valence-electron chi connectivity index (χ3n) is 3.97. The van der Waals surface area contributed by atoms with Crippen LogP contribution in [0.3, 0.4) is 0 Å². The van der Waals surface area contributed by atoms with Crippen molar-refractivity contribution >= 4 is 5.91 Å². The molecule has 1 heterocycles. The van der Waals surface area contributed by atoms with E-state index in [2.05, 4.69) is 10.3 Å². The third-order valence-corrected chi connectivity index (χ3v) is 3.97. The third kappa shape index (κ3) is 5.45. The number of nitrogens with zero attached hydrogens (tertiary/aromatic N) is 2. The van der Waals surface area contributed by atoms with Crippen molar-refractivity contribution in [1.29, 1.82) is 0 Å². The molecule has 2 unspecified atom stereocenters. The van der Waals surface area contributed by atoms with Gasteiger partial charge in [-0.05, 0) is 44.4 Å². The van der Waals surface area contributed by atoms with Crippen LogP contribution in [-0.2, 0) is 11.3 Å². The molecule has 130 valence electrons. The zero-order chi connectivity index (χ0) is 17.5. The van der Waals surface area contributed by atoms with Crippen molar-refractivity contribution in [3.8, 4) is 0 Å². The Morgan fingerprint density at radius 3 is 2.71 bits per heavy atom. The van der Waals surface area contributed by atoms with Crippen LogP contribution in [0, 0.1) is 12.7 Å². The van der Waals surface area contributed by atoms with Gasteiger partial charge in [0.15, 0.2) is 0 Å². The van der Waals surface area contributed by atoms with Crippen LogP contribution in [0.1, 0.15) is 43.7 Å². The van der Waals surface area contributed by atoms with Gasteiger partial charge < -0.3 is 15.0 Å². The molecule has 0 aliphatic heterocycles. The quantitative estimate of drug-likeness (QED) is 0.780. The number of carbonyl (C=O) groups excluding carboxylic acids is 1. The monoisotopic (exact) mass is 333 g/mol. The van der Waals surface area contributed by atoms with Crippen LogP contribution in [0.25, 0.3) is 0 Å². The number of imidazole rings is 1. The smallest absolute Gasteiger partial charge is 0.220 e. The molecule has 2 atom stereocenters. The molecule has 0 saturated carbocycles. The lowest BCUT2D eigenvalue weighted by molar-refractivity contribution is -0.122. The van der Waals surface area contributed by atoms with Gasteiger partial charge in [-0.25, -0.2) is 9.37 Å². The molecule has 0 spiro atoms. The van der Waals surface area contributed by atoms with Gasteiger partial charge in [-0.15, -0.1) is 0 Å². The summed E-state index contributed by atoms with van der Waals surface area (Å²) < 4.78 is 14.9. The summed E-state index contributed by atoms with van der Waals surface area (Å²) in [6.07, 6.45) is 4.46. The van der Waals surface area contributed by atoms with Crippen molar-refractivity contribution in [2.75, 3.05) is 0 Å². The van der Waals surface area contributed by atoms with Crippen LogP contribution in [-0.4, -0.2) is 26.6 Å². The van der Waals surface area contributed by atoms with Crippen LogP contribution >= 0.6 is 0 Å². The first kappa shape index (κ1) is 18.1. The fraction of sp³-hybridized carbons (Fsp3) is 0.444. The zero-order valence-corrected chi connectivity index (χ0v) is 14.1. The first-order valence-corrected chi connectivity index (χ1v) is 8.16. The number of hydrogen-bond donors (Lipinski definition) is 2. The van der Waals surface area contributed by atoms with Crippen molar-refractivity contribution in [2.45, 2.75) is 51.8 Å². The molecule has 5 nitrogen and oxygen atoms in total. The Morgan fingerprint density at radius 2 is 2.08 bits per heavy atom. The largest absolute Gasteiger partial charge is 0.388 e. The minimum atomic E-state index is -0.727. The van der Waals surface area contributed by atoms with Gasteiger partial charge in [0, 0.05) is 31.4 Å². The molecule has 24 heavy (non-hydrogen) atoms. The summed E-state index contributed by atoms with van der Waals surface area (Å²) in [5.41, 5.74) is 0.646. The van der Waals surface area contributed by atoms with Gasteiger partial charge in [-0.3, -0.25) is 4.79 Å². The predicted molar refractivity (Wildman–Crippen MR) is 89.8 cm³/mol. The number of aliphatic hydroxyl groups is 1. The van der Waals surface area contributed by atoms with Crippen molar-refractivity contribution < 1.29 is 14.3 Å². The Labute approximate surface area is 141 Å². The SMILES string of the molecule is Cc1nccn1CCCC(=O)NC(C)CC(O)c1ccc(F)cc1. The molecular weight excluding hydrogens is 309 g/mol. The molecule has 2 N–H and O–H groups in total. The molecule has 1 amide bonds. The average molecular weight is 333 g/mol. The number of aliphatic hydroxyl groups excluding tert-OH is 1. The summed E-state index contributed by atoms with van der Waals surface area (Å²) in [5, 5.41) is 13.0. The topological polar surface area (TPSA) is 67.2 Å². The Morgan fingerprint density at radius 1 is 1.38 bits per heavy atom. The molecule has 0 aliphatic rings. The van der Waals surface area contributed by atoms with Crippen molar-refractivity contribution in [3.05, 3.63) is 53.9 Å². The van der Waals surface area contributed by atoms with Crippen molar-refractivity contribution in [1.82, 2.24) is 14.9 Å². The molecule has 1 aromatic carbocycles. The maximum atomic E-state index is 12.9. The first-order valence-electron chi connectivity index (χ1n) is 8.16. The molecule has 1 aromatic heterocycles. The number of nitrogens with one attached hydrogen (secondary N) is 1. The lowest BCUT2D eigenvalue weighted by atomic mass is 10.0. The second-order valence-electron chi connectivity index (χ2n) is 6.04. The van der Waals surface area contributed by atoms with Crippen LogP contribution in [0.4, 0.5) is 4.39 Å². The van der Waals surface area contributed by atoms with E-state index in [1.165, 1.54) is 12.1 Å². The number of amides is 1. The highest BCUT2D eigenvalue weighted by molar-refractivity contribution is 5.76. The number of aromatic nitrogens is 2. The van der Waals surface area contributed by atoms with Gasteiger partial charge in [0.05, 0.1) is 6.10 Å². The Kier molecular flexibility index (Phi) is 6.49. The fourth-order valence-electron chi connectivity index (χ4n) is 2.61. The number of benzene rings is 1. The lowest BCUT2D eigenvalue weighted by Gasteiger charge is -2.18. The fourth-order valence-corrected chi connectivity index (χ4v) is 2.61. The van der Waals surface area contributed by atoms with E-state index >= 15 is 0 Å². The highest BCUT2D eigenvalue weighted by atomic mass is 19.1. The second-order valence-corrected chi connectivity index (χ2v) is 6.04. The molecule has 2 rings (SSSR count). The van der Waals surface area contributed by atoms with Gasteiger partial charge in [-0.2, -0.15) is 0 Å². The number of aryl methyl sites for hydroxylation is 2. The molecule has 0 bridgehead atoms. The van der Waals surface area contributed by atoms with Gasteiger partial charge >= 0.3 is 0 Å². The van der Waals surface area contributed by atoms with Gasteiger partial charge in [-0.1, -0.05) is 12.1 Å². The Balaban J connectivity index is 1.71. The average Bonchev–Trinajstić information content (AvgIpc) is 2.93. The number of hydrogen-bond acceptors (Lipinski definition) is 3. The van der Waals surface area contributed by atoms with E-state index in [-0.39, 0.29) is 17.8 Å². The van der Waals surface area contributed by atoms with Crippen LogP contribution in [0.15, 0.2) is 36.7 Å². The van der Waals surface area contributed by atoms with E-state index in [1.54, 1.807) is 18.3 Å². The highest BCUT2D eigenvalue weighted by Gasteiger charge is 2.14. The normalized spacial score (nSPS) is 13.5. The molecule has 6 heteroatoms. The second kappa shape index (κ2) is 8.59. The summed E-state index contributed by atoms with van der Waals surface area (Å²) in [6, 6.07) is 5.59. The summed E-state index contributed by atoms with van der Waals surface area (Å²) in [4.78, 5) is 16.1. The zero-order valence-electron chi connectivity index (χ0n) is 14.1. The van der Waals surface area contributed by atoms with E-state index in [1.807, 2.05) is 24.6 Å². The van der Waals surface area contributed by atoms with Crippen LogP contribution in [0.5, 0.6) is 0 Å². The maximum absolute atomic E-state index is 12.9. The number of carbonyl (C=O) groups is 1. The minimum absolute atomic E-state index is 0.0356. The van der Waals surface area contributed by atoms with E-state index in [9.17, 15) is 14.3 Å². The number of halogens is 1. The molecule has 0 radical (unpaired) electrons. The Hall–Kier alpha value is -2.21.